The molecule has 0 bridgehead atoms. The maximum absolute atomic E-state index is 11.7. The van der Waals surface area contributed by atoms with Crippen LogP contribution in [0.25, 0.3) is 0 Å². The van der Waals surface area contributed by atoms with Crippen LogP contribution >= 0.6 is 0 Å². The van der Waals surface area contributed by atoms with E-state index in [0.29, 0.717) is 5.57 Å². The van der Waals surface area contributed by atoms with Crippen molar-refractivity contribution < 1.29 is 23.9 Å². The van der Waals surface area contributed by atoms with Crippen LogP contribution in [0.1, 0.15) is 13.3 Å². The SMILES string of the molecule is COC1OC(C(C)=O)CC2=C1C(=O)C=CC2=O. The van der Waals surface area contributed by atoms with E-state index in [9.17, 15) is 14.4 Å². The van der Waals surface area contributed by atoms with Crippen molar-refractivity contribution in [2.24, 2.45) is 0 Å². The molecule has 90 valence electrons. The van der Waals surface area contributed by atoms with Crippen LogP contribution in [0.3, 0.4) is 0 Å². The van der Waals surface area contributed by atoms with Crippen LogP contribution < -0.4 is 0 Å². The topological polar surface area (TPSA) is 69.7 Å². The minimum absolute atomic E-state index is 0.138. The number of carbonyl (C=O) groups is 3. The summed E-state index contributed by atoms with van der Waals surface area (Å²) in [4.78, 5) is 34.7. The molecule has 2 rings (SSSR count). The van der Waals surface area contributed by atoms with Crippen LogP contribution in [-0.4, -0.2) is 36.9 Å². The fourth-order valence-corrected chi connectivity index (χ4v) is 1.96. The lowest BCUT2D eigenvalue weighted by molar-refractivity contribution is -0.162. The van der Waals surface area contributed by atoms with Crippen LogP contribution in [0.5, 0.6) is 0 Å². The molecule has 1 aliphatic heterocycles. The van der Waals surface area contributed by atoms with Crippen molar-refractivity contribution in [1.29, 1.82) is 0 Å². The van der Waals surface area contributed by atoms with E-state index in [0.717, 1.165) is 0 Å². The predicted molar refractivity (Wildman–Crippen MR) is 57.1 cm³/mol. The highest BCUT2D eigenvalue weighted by atomic mass is 16.7. The molecular weight excluding hydrogens is 224 g/mol. The molecular formula is C12H12O5. The first kappa shape index (κ1) is 11.9. The first-order chi connectivity index (χ1) is 8.04. The quantitative estimate of drug-likeness (QED) is 0.647. The van der Waals surface area contributed by atoms with Gasteiger partial charge in [-0.1, -0.05) is 0 Å². The maximum Gasteiger partial charge on any atom is 0.188 e. The van der Waals surface area contributed by atoms with E-state index in [1.54, 1.807) is 0 Å². The smallest absolute Gasteiger partial charge is 0.188 e. The van der Waals surface area contributed by atoms with E-state index in [1.807, 2.05) is 0 Å². The Morgan fingerprint density at radius 3 is 2.59 bits per heavy atom. The van der Waals surface area contributed by atoms with Crippen molar-refractivity contribution in [2.45, 2.75) is 25.7 Å². The number of Topliss-reactive ketones (excluding diaryl/α,β-unsaturated/α-hetero) is 1. The number of methoxy groups -OCH3 is 1. The van der Waals surface area contributed by atoms with Gasteiger partial charge in [0, 0.05) is 19.1 Å². The van der Waals surface area contributed by atoms with Gasteiger partial charge in [0.25, 0.3) is 0 Å². The third-order valence-electron chi connectivity index (χ3n) is 2.85. The van der Waals surface area contributed by atoms with Gasteiger partial charge >= 0.3 is 0 Å². The normalized spacial score (nSPS) is 28.4. The summed E-state index contributed by atoms with van der Waals surface area (Å²) in [5, 5.41) is 0. The van der Waals surface area contributed by atoms with Crippen molar-refractivity contribution >= 4 is 17.3 Å². The Hall–Kier alpha value is -1.59. The highest BCUT2D eigenvalue weighted by Gasteiger charge is 2.38. The molecule has 0 aromatic carbocycles. The second kappa shape index (κ2) is 4.35. The monoisotopic (exact) mass is 236 g/mol. The third kappa shape index (κ3) is 1.99. The average Bonchev–Trinajstić information content (AvgIpc) is 2.32. The Kier molecular flexibility index (Phi) is 3.04. The lowest BCUT2D eigenvalue weighted by Crippen LogP contribution is -2.40. The van der Waals surface area contributed by atoms with Crippen LogP contribution in [0.15, 0.2) is 23.3 Å². The number of hydrogen-bond acceptors (Lipinski definition) is 5. The molecule has 2 aliphatic rings. The molecule has 2 atom stereocenters. The minimum Gasteiger partial charge on any atom is -0.351 e. The molecule has 0 aromatic heterocycles. The van der Waals surface area contributed by atoms with E-state index < -0.39 is 12.4 Å². The summed E-state index contributed by atoms with van der Waals surface area (Å²) in [6.07, 6.45) is 0.900. The lowest BCUT2D eigenvalue weighted by Gasteiger charge is -2.31. The molecule has 0 aromatic rings. The average molecular weight is 236 g/mol. The van der Waals surface area contributed by atoms with Crippen LogP contribution in [0.2, 0.25) is 0 Å². The van der Waals surface area contributed by atoms with E-state index in [2.05, 4.69) is 0 Å². The third-order valence-corrected chi connectivity index (χ3v) is 2.85. The zero-order valence-electron chi connectivity index (χ0n) is 9.56. The van der Waals surface area contributed by atoms with Crippen molar-refractivity contribution in [3.8, 4) is 0 Å². The first-order valence-electron chi connectivity index (χ1n) is 5.23. The Labute approximate surface area is 98.1 Å². The fourth-order valence-electron chi connectivity index (χ4n) is 1.96. The molecule has 5 nitrogen and oxygen atoms in total. The van der Waals surface area contributed by atoms with Gasteiger partial charge in [0.2, 0.25) is 0 Å². The summed E-state index contributed by atoms with van der Waals surface area (Å²) in [6.45, 7) is 1.38. The largest absolute Gasteiger partial charge is 0.351 e. The summed E-state index contributed by atoms with van der Waals surface area (Å²) in [5.41, 5.74) is 0.549. The molecule has 0 spiro atoms. The van der Waals surface area contributed by atoms with Gasteiger partial charge in [0.15, 0.2) is 23.6 Å². The van der Waals surface area contributed by atoms with Gasteiger partial charge in [-0.15, -0.1) is 0 Å². The molecule has 0 saturated heterocycles. The van der Waals surface area contributed by atoms with Crippen LogP contribution in [-0.2, 0) is 23.9 Å². The van der Waals surface area contributed by atoms with Crippen molar-refractivity contribution in [3.63, 3.8) is 0 Å². The second-order valence-corrected chi connectivity index (χ2v) is 3.96. The highest BCUT2D eigenvalue weighted by Crippen LogP contribution is 2.30. The van der Waals surface area contributed by atoms with Crippen molar-refractivity contribution in [2.75, 3.05) is 7.11 Å². The summed E-state index contributed by atoms with van der Waals surface area (Å²) < 4.78 is 10.4. The number of carbonyl (C=O) groups excluding carboxylic acids is 3. The summed E-state index contributed by atoms with van der Waals surface area (Å²) in [5.74, 6) is -0.738. The summed E-state index contributed by atoms with van der Waals surface area (Å²) >= 11 is 0. The Morgan fingerprint density at radius 2 is 2.00 bits per heavy atom. The number of rotatable bonds is 2. The van der Waals surface area contributed by atoms with Crippen LogP contribution in [0, 0.1) is 0 Å². The molecule has 5 heteroatoms. The second-order valence-electron chi connectivity index (χ2n) is 3.96. The zero-order chi connectivity index (χ0) is 12.6. The molecule has 1 aliphatic carbocycles. The Bertz CT molecular complexity index is 458. The first-order valence-corrected chi connectivity index (χ1v) is 5.23. The van der Waals surface area contributed by atoms with Gasteiger partial charge in [-0.2, -0.15) is 0 Å². The molecule has 2 unspecified atom stereocenters. The molecule has 0 fully saturated rings. The predicted octanol–water partition coefficient (Wildman–Crippen LogP) is 0.341. The molecule has 17 heavy (non-hydrogen) atoms. The molecule has 1 heterocycles. The van der Waals surface area contributed by atoms with E-state index >= 15 is 0 Å². The van der Waals surface area contributed by atoms with Crippen LogP contribution in [0.4, 0.5) is 0 Å². The lowest BCUT2D eigenvalue weighted by atomic mass is 9.87. The highest BCUT2D eigenvalue weighted by molar-refractivity contribution is 6.20. The van der Waals surface area contributed by atoms with Gasteiger partial charge in [-0.05, 0) is 19.1 Å². The summed E-state index contributed by atoms with van der Waals surface area (Å²) in [6, 6.07) is 0. The Morgan fingerprint density at radius 1 is 1.35 bits per heavy atom. The van der Waals surface area contributed by atoms with E-state index in [4.69, 9.17) is 9.47 Å². The van der Waals surface area contributed by atoms with Crippen molar-refractivity contribution in [1.82, 2.24) is 0 Å². The number of hydrogen-bond donors (Lipinski definition) is 0. The van der Waals surface area contributed by atoms with E-state index in [-0.39, 0.29) is 29.3 Å². The zero-order valence-corrected chi connectivity index (χ0v) is 9.56. The molecule has 0 radical (unpaired) electrons. The van der Waals surface area contributed by atoms with Gasteiger partial charge in [-0.3, -0.25) is 14.4 Å². The number of ether oxygens (including phenoxy) is 2. The number of ketones is 3. The van der Waals surface area contributed by atoms with Gasteiger partial charge in [0.05, 0.1) is 5.57 Å². The fraction of sp³-hybridized carbons (Fsp3) is 0.417. The van der Waals surface area contributed by atoms with Gasteiger partial charge < -0.3 is 9.47 Å². The Balaban J connectivity index is 2.43. The molecule has 0 N–H and O–H groups in total. The van der Waals surface area contributed by atoms with Crippen molar-refractivity contribution in [3.05, 3.63) is 23.3 Å². The standard InChI is InChI=1S/C12H12O5/c1-6(13)10-5-7-8(14)3-4-9(15)11(7)12(16-2)17-10/h3-4,10,12H,5H2,1-2H3. The van der Waals surface area contributed by atoms with E-state index in [1.165, 1.54) is 26.2 Å². The molecule has 0 saturated carbocycles. The summed E-state index contributed by atoms with van der Waals surface area (Å²) in [7, 11) is 1.37. The maximum atomic E-state index is 11.7. The van der Waals surface area contributed by atoms with Gasteiger partial charge in [-0.25, -0.2) is 0 Å². The minimum atomic E-state index is -0.936. The van der Waals surface area contributed by atoms with Gasteiger partial charge in [0.1, 0.15) is 6.10 Å². The molecule has 0 amide bonds. The number of allylic oxidation sites excluding steroid dienone is 2.